The fourth-order valence-corrected chi connectivity index (χ4v) is 3.21. The van der Waals surface area contributed by atoms with Crippen LogP contribution in [0.5, 0.6) is 5.75 Å². The Kier molecular flexibility index (Phi) is 6.99. The summed E-state index contributed by atoms with van der Waals surface area (Å²) in [5.41, 5.74) is -0.702. The lowest BCUT2D eigenvalue weighted by Gasteiger charge is -2.40. The van der Waals surface area contributed by atoms with Gasteiger partial charge in [0.2, 0.25) is 0 Å². The molecule has 2 rings (SSSR count). The molecule has 0 saturated carbocycles. The lowest BCUT2D eigenvalue weighted by atomic mass is 9.77. The van der Waals surface area contributed by atoms with Gasteiger partial charge in [0, 0.05) is 26.8 Å². The van der Waals surface area contributed by atoms with Gasteiger partial charge in [-0.25, -0.2) is 4.39 Å². The number of benzene rings is 1. The zero-order valence-corrected chi connectivity index (χ0v) is 14.2. The van der Waals surface area contributed by atoms with Crippen molar-refractivity contribution in [2.24, 2.45) is 5.41 Å². The van der Waals surface area contributed by atoms with E-state index in [1.54, 1.807) is 19.2 Å². The molecule has 1 fully saturated rings. The smallest absolute Gasteiger partial charge is 0.311 e. The van der Waals surface area contributed by atoms with Gasteiger partial charge in [-0.1, -0.05) is 0 Å². The summed E-state index contributed by atoms with van der Waals surface area (Å²) in [4.78, 5) is 13.9. The number of nitrogens with zero attached hydrogens (tertiary/aromatic N) is 1. The average Bonchev–Trinajstić information content (AvgIpc) is 2.58. The van der Waals surface area contributed by atoms with Crippen molar-refractivity contribution < 1.29 is 23.8 Å². The number of piperidine rings is 1. The van der Waals surface area contributed by atoms with Crippen molar-refractivity contribution in [3.05, 3.63) is 30.1 Å². The summed E-state index contributed by atoms with van der Waals surface area (Å²) < 4.78 is 23.5. The molecule has 1 saturated heterocycles. The van der Waals surface area contributed by atoms with Crippen LogP contribution in [-0.4, -0.2) is 55.9 Å². The van der Waals surface area contributed by atoms with Gasteiger partial charge in [0.1, 0.15) is 11.6 Å². The number of carbonyl (C=O) groups is 1. The minimum atomic E-state index is -0.730. The molecule has 0 bridgehead atoms. The molecule has 1 aromatic carbocycles. The van der Waals surface area contributed by atoms with Gasteiger partial charge < -0.3 is 19.5 Å². The third-order valence-corrected chi connectivity index (χ3v) is 4.60. The highest BCUT2D eigenvalue weighted by molar-refractivity contribution is 5.75. The first-order valence-electron chi connectivity index (χ1n) is 8.39. The van der Waals surface area contributed by atoms with Crippen LogP contribution in [0.1, 0.15) is 25.7 Å². The number of carboxylic acid groups (broad SMARTS) is 1. The van der Waals surface area contributed by atoms with Crippen molar-refractivity contribution in [1.29, 1.82) is 0 Å². The molecule has 1 aromatic rings. The first kappa shape index (κ1) is 18.7. The maximum atomic E-state index is 12.8. The second-order valence-corrected chi connectivity index (χ2v) is 6.36. The Balaban J connectivity index is 1.77. The van der Waals surface area contributed by atoms with Crippen LogP contribution in [0.4, 0.5) is 4.39 Å². The Morgan fingerprint density at radius 2 is 2.08 bits per heavy atom. The maximum Gasteiger partial charge on any atom is 0.311 e. The molecule has 0 amide bonds. The first-order chi connectivity index (χ1) is 11.6. The Bertz CT molecular complexity index is 522. The number of hydrogen-bond acceptors (Lipinski definition) is 4. The van der Waals surface area contributed by atoms with Gasteiger partial charge in [0.05, 0.1) is 12.0 Å². The highest BCUT2D eigenvalue weighted by Crippen LogP contribution is 2.34. The van der Waals surface area contributed by atoms with Crippen molar-refractivity contribution in [3.8, 4) is 5.75 Å². The number of halogens is 1. The number of likely N-dealkylation sites (tertiary alicyclic amines) is 1. The highest BCUT2D eigenvalue weighted by atomic mass is 19.1. The van der Waals surface area contributed by atoms with E-state index in [0.717, 1.165) is 25.9 Å². The Labute approximate surface area is 142 Å². The van der Waals surface area contributed by atoms with Crippen LogP contribution < -0.4 is 4.74 Å². The van der Waals surface area contributed by atoms with E-state index >= 15 is 0 Å². The van der Waals surface area contributed by atoms with Crippen molar-refractivity contribution in [1.82, 2.24) is 4.90 Å². The number of carboxylic acids is 1. The van der Waals surface area contributed by atoms with E-state index in [9.17, 15) is 14.3 Å². The van der Waals surface area contributed by atoms with Gasteiger partial charge in [-0.15, -0.1) is 0 Å². The molecular weight excluding hydrogens is 313 g/mol. The van der Waals surface area contributed by atoms with Crippen LogP contribution in [-0.2, 0) is 9.53 Å². The average molecular weight is 339 g/mol. The van der Waals surface area contributed by atoms with E-state index < -0.39 is 11.4 Å². The lowest BCUT2D eigenvalue weighted by Crippen LogP contribution is -2.48. The van der Waals surface area contributed by atoms with Gasteiger partial charge in [-0.3, -0.25) is 4.79 Å². The monoisotopic (exact) mass is 339 g/mol. The van der Waals surface area contributed by atoms with Crippen molar-refractivity contribution >= 4 is 5.97 Å². The third-order valence-electron chi connectivity index (χ3n) is 4.60. The topological polar surface area (TPSA) is 59.0 Å². The van der Waals surface area contributed by atoms with Crippen LogP contribution in [0.3, 0.4) is 0 Å². The molecule has 0 aliphatic carbocycles. The molecular formula is C18H26FNO4. The minimum absolute atomic E-state index is 0.281. The van der Waals surface area contributed by atoms with Crippen molar-refractivity contribution in [2.75, 3.05) is 40.0 Å². The van der Waals surface area contributed by atoms with Gasteiger partial charge >= 0.3 is 5.97 Å². The summed E-state index contributed by atoms with van der Waals surface area (Å²) in [5.74, 6) is -0.362. The predicted molar refractivity (Wildman–Crippen MR) is 88.7 cm³/mol. The van der Waals surface area contributed by atoms with Gasteiger partial charge in [0.15, 0.2) is 0 Å². The van der Waals surface area contributed by atoms with E-state index in [1.807, 2.05) is 0 Å². The summed E-state index contributed by atoms with van der Waals surface area (Å²) in [6.45, 7) is 3.26. The fourth-order valence-electron chi connectivity index (χ4n) is 3.21. The van der Waals surface area contributed by atoms with Gasteiger partial charge in [0.25, 0.3) is 0 Å². The molecule has 0 radical (unpaired) electrons. The van der Waals surface area contributed by atoms with E-state index in [1.165, 1.54) is 12.1 Å². The quantitative estimate of drug-likeness (QED) is 0.701. The summed E-state index contributed by atoms with van der Waals surface area (Å²) >= 11 is 0. The summed E-state index contributed by atoms with van der Waals surface area (Å²) in [6, 6.07) is 5.96. The van der Waals surface area contributed by atoms with E-state index in [2.05, 4.69) is 4.90 Å². The van der Waals surface area contributed by atoms with E-state index in [-0.39, 0.29) is 5.82 Å². The zero-order chi connectivity index (χ0) is 17.4. The molecule has 0 aromatic heterocycles. The number of aliphatic carboxylic acids is 1. The molecule has 5 nitrogen and oxygen atoms in total. The van der Waals surface area contributed by atoms with Crippen LogP contribution in [0.2, 0.25) is 0 Å². The second kappa shape index (κ2) is 8.99. The maximum absolute atomic E-state index is 12.8. The largest absolute Gasteiger partial charge is 0.494 e. The highest BCUT2D eigenvalue weighted by Gasteiger charge is 2.41. The molecule has 1 N–H and O–H groups in total. The van der Waals surface area contributed by atoms with Crippen LogP contribution in [0.15, 0.2) is 24.3 Å². The molecule has 134 valence electrons. The van der Waals surface area contributed by atoms with Gasteiger partial charge in [-0.2, -0.15) is 0 Å². The van der Waals surface area contributed by atoms with E-state index in [4.69, 9.17) is 9.47 Å². The third kappa shape index (κ3) is 5.18. The normalized spacial score (nSPS) is 21.6. The molecule has 1 atom stereocenters. The summed E-state index contributed by atoms with van der Waals surface area (Å²) in [5, 5.41) is 9.64. The minimum Gasteiger partial charge on any atom is -0.494 e. The van der Waals surface area contributed by atoms with Crippen LogP contribution >= 0.6 is 0 Å². The van der Waals surface area contributed by atoms with Gasteiger partial charge in [-0.05, 0) is 56.5 Å². The molecule has 1 aliphatic rings. The summed E-state index contributed by atoms with van der Waals surface area (Å²) in [6.07, 6.45) is 2.93. The Morgan fingerprint density at radius 3 is 2.75 bits per heavy atom. The number of rotatable bonds is 9. The second-order valence-electron chi connectivity index (χ2n) is 6.36. The molecule has 6 heteroatoms. The summed E-state index contributed by atoms with van der Waals surface area (Å²) in [7, 11) is 1.60. The molecule has 1 aliphatic heterocycles. The number of ether oxygens (including phenoxy) is 2. The predicted octanol–water partition coefficient (Wildman–Crippen LogP) is 2.80. The first-order valence-corrected chi connectivity index (χ1v) is 8.39. The molecule has 0 spiro atoms. The molecule has 1 heterocycles. The standard InChI is InChI=1S/C18H26FNO4/c1-23-13-9-18(17(21)22)8-2-10-20(14-18)11-3-12-24-16-6-4-15(19)5-7-16/h4-7H,2-3,8-14H2,1H3,(H,21,22). The Morgan fingerprint density at radius 1 is 1.33 bits per heavy atom. The van der Waals surface area contributed by atoms with E-state index in [0.29, 0.717) is 38.3 Å². The van der Waals surface area contributed by atoms with Crippen LogP contribution in [0.25, 0.3) is 0 Å². The number of methoxy groups -OCH3 is 1. The zero-order valence-electron chi connectivity index (χ0n) is 14.2. The SMILES string of the molecule is COCCC1(C(=O)O)CCCN(CCCOc2ccc(F)cc2)C1. The molecule has 1 unspecified atom stereocenters. The molecule has 24 heavy (non-hydrogen) atoms. The Hall–Kier alpha value is -1.66. The van der Waals surface area contributed by atoms with Crippen molar-refractivity contribution in [2.45, 2.75) is 25.7 Å². The van der Waals surface area contributed by atoms with Crippen molar-refractivity contribution in [3.63, 3.8) is 0 Å². The number of hydrogen-bond donors (Lipinski definition) is 1. The lowest BCUT2D eigenvalue weighted by molar-refractivity contribution is -0.154. The van der Waals surface area contributed by atoms with Crippen LogP contribution in [0, 0.1) is 11.2 Å². The fraction of sp³-hybridized carbons (Fsp3) is 0.611.